The van der Waals surface area contributed by atoms with E-state index < -0.39 is 0 Å². The van der Waals surface area contributed by atoms with Crippen molar-refractivity contribution in [2.75, 3.05) is 39.8 Å². The van der Waals surface area contributed by atoms with E-state index >= 15 is 0 Å². The molecule has 0 bridgehead atoms. The molecule has 0 aromatic heterocycles. The van der Waals surface area contributed by atoms with E-state index in [9.17, 15) is 4.79 Å². The van der Waals surface area contributed by atoms with E-state index in [1.807, 2.05) is 32.0 Å². The van der Waals surface area contributed by atoms with Crippen LogP contribution in [0.4, 0.5) is 0 Å². The molecule has 1 heterocycles. The fourth-order valence-electron chi connectivity index (χ4n) is 2.98. The zero-order valence-corrected chi connectivity index (χ0v) is 16.2. The first kappa shape index (κ1) is 20.2. The van der Waals surface area contributed by atoms with Gasteiger partial charge < -0.3 is 20.3 Å². The molecule has 26 heavy (non-hydrogen) atoms. The minimum atomic E-state index is 0.0181. The smallest absolute Gasteiger partial charge is 0.222 e. The number of likely N-dealkylation sites (tertiary alicyclic amines) is 1. The van der Waals surface area contributed by atoms with Crippen molar-refractivity contribution in [1.29, 1.82) is 0 Å². The Labute approximate surface area is 157 Å². The van der Waals surface area contributed by atoms with Crippen molar-refractivity contribution < 1.29 is 9.53 Å². The number of hydrogen-bond donors (Lipinski definition) is 2. The number of nitrogens with zero attached hydrogens (tertiary/aromatic N) is 2. The maximum absolute atomic E-state index is 11.6. The number of benzene rings is 1. The van der Waals surface area contributed by atoms with E-state index in [1.54, 1.807) is 7.05 Å². The zero-order chi connectivity index (χ0) is 18.8. The summed E-state index contributed by atoms with van der Waals surface area (Å²) in [6.45, 7) is 8.44. The number of aliphatic imine (C=N–C) groups is 1. The fraction of sp³-hybridized carbons (Fsp3) is 0.600. The summed E-state index contributed by atoms with van der Waals surface area (Å²) in [5.41, 5.74) is 1.21. The molecule has 1 aromatic rings. The van der Waals surface area contributed by atoms with Gasteiger partial charge in [-0.2, -0.15) is 0 Å². The molecule has 1 saturated heterocycles. The van der Waals surface area contributed by atoms with Crippen LogP contribution in [0.1, 0.15) is 25.8 Å². The number of guanidine groups is 1. The van der Waals surface area contributed by atoms with Crippen LogP contribution < -0.4 is 10.6 Å². The number of carbonyl (C=O) groups excluding carboxylic acids is 1. The SMILES string of the molecule is CN=C(NCCNC(=O)C(C)C)N1CCC(COCc2ccccc2)C1. The molecule has 2 N–H and O–H groups in total. The standard InChI is InChI=1S/C20H32N4O2/c1-16(2)19(25)22-10-11-23-20(21-3)24-12-9-18(13-24)15-26-14-17-7-5-4-6-8-17/h4-8,16,18H,9-15H2,1-3H3,(H,21,23)(H,22,25). The first-order chi connectivity index (χ1) is 12.6. The Kier molecular flexibility index (Phi) is 8.41. The van der Waals surface area contributed by atoms with Gasteiger partial charge >= 0.3 is 0 Å². The molecule has 1 atom stereocenters. The van der Waals surface area contributed by atoms with Crippen molar-refractivity contribution in [3.05, 3.63) is 35.9 Å². The zero-order valence-electron chi connectivity index (χ0n) is 16.2. The average molecular weight is 361 g/mol. The Morgan fingerprint density at radius 2 is 2.00 bits per heavy atom. The highest BCUT2D eigenvalue weighted by molar-refractivity contribution is 5.80. The number of carbonyl (C=O) groups is 1. The molecule has 1 unspecified atom stereocenters. The second kappa shape index (κ2) is 10.8. The molecule has 0 saturated carbocycles. The Bertz CT molecular complexity index is 574. The van der Waals surface area contributed by atoms with Gasteiger partial charge in [0.15, 0.2) is 5.96 Å². The van der Waals surface area contributed by atoms with E-state index in [0.717, 1.165) is 32.1 Å². The monoisotopic (exact) mass is 360 g/mol. The van der Waals surface area contributed by atoms with Crippen LogP contribution in [-0.2, 0) is 16.1 Å². The Morgan fingerprint density at radius 1 is 1.27 bits per heavy atom. The topological polar surface area (TPSA) is 66.0 Å². The van der Waals surface area contributed by atoms with Gasteiger partial charge in [-0.05, 0) is 12.0 Å². The summed E-state index contributed by atoms with van der Waals surface area (Å²) < 4.78 is 5.88. The van der Waals surface area contributed by atoms with Crippen molar-refractivity contribution in [3.8, 4) is 0 Å². The second-order valence-corrected chi connectivity index (χ2v) is 7.02. The van der Waals surface area contributed by atoms with Crippen molar-refractivity contribution in [1.82, 2.24) is 15.5 Å². The van der Waals surface area contributed by atoms with Gasteiger partial charge in [0.2, 0.25) is 5.91 Å². The molecule has 1 amide bonds. The van der Waals surface area contributed by atoms with Crippen LogP contribution in [0.2, 0.25) is 0 Å². The highest BCUT2D eigenvalue weighted by Gasteiger charge is 2.24. The lowest BCUT2D eigenvalue weighted by Crippen LogP contribution is -2.43. The molecular formula is C20H32N4O2. The van der Waals surface area contributed by atoms with Crippen LogP contribution in [-0.4, -0.2) is 56.6 Å². The lowest BCUT2D eigenvalue weighted by atomic mass is 10.1. The first-order valence-corrected chi connectivity index (χ1v) is 9.45. The maximum atomic E-state index is 11.6. The molecule has 0 radical (unpaired) electrons. The van der Waals surface area contributed by atoms with Gasteiger partial charge in [0.05, 0.1) is 13.2 Å². The average Bonchev–Trinajstić information content (AvgIpc) is 3.11. The second-order valence-electron chi connectivity index (χ2n) is 7.02. The third-order valence-electron chi connectivity index (χ3n) is 4.49. The Morgan fingerprint density at radius 3 is 2.69 bits per heavy atom. The molecule has 1 aromatic carbocycles. The molecule has 2 rings (SSSR count). The van der Waals surface area contributed by atoms with E-state index in [0.29, 0.717) is 25.6 Å². The van der Waals surface area contributed by atoms with Gasteiger partial charge in [-0.3, -0.25) is 9.79 Å². The summed E-state index contributed by atoms with van der Waals surface area (Å²) in [7, 11) is 1.80. The molecule has 0 spiro atoms. The molecule has 1 aliphatic heterocycles. The molecule has 1 fully saturated rings. The summed E-state index contributed by atoms with van der Waals surface area (Å²) in [5.74, 6) is 1.52. The van der Waals surface area contributed by atoms with Crippen LogP contribution in [0.15, 0.2) is 35.3 Å². The van der Waals surface area contributed by atoms with Crippen LogP contribution >= 0.6 is 0 Å². The number of ether oxygens (including phenoxy) is 1. The predicted molar refractivity (Wildman–Crippen MR) is 105 cm³/mol. The van der Waals surface area contributed by atoms with Crippen molar-refractivity contribution >= 4 is 11.9 Å². The van der Waals surface area contributed by atoms with Gasteiger partial charge in [-0.1, -0.05) is 44.2 Å². The van der Waals surface area contributed by atoms with Crippen LogP contribution in [0, 0.1) is 11.8 Å². The highest BCUT2D eigenvalue weighted by atomic mass is 16.5. The van der Waals surface area contributed by atoms with Gasteiger partial charge in [0.25, 0.3) is 0 Å². The normalized spacial score (nSPS) is 17.6. The van der Waals surface area contributed by atoms with Gasteiger partial charge in [0.1, 0.15) is 0 Å². The van der Waals surface area contributed by atoms with Gasteiger partial charge in [-0.15, -0.1) is 0 Å². The number of amides is 1. The lowest BCUT2D eigenvalue weighted by molar-refractivity contribution is -0.123. The van der Waals surface area contributed by atoms with E-state index in [1.165, 1.54) is 5.56 Å². The predicted octanol–water partition coefficient (Wildman–Crippen LogP) is 1.87. The summed E-state index contributed by atoms with van der Waals surface area (Å²) in [4.78, 5) is 18.2. The van der Waals surface area contributed by atoms with Crippen molar-refractivity contribution in [2.24, 2.45) is 16.8 Å². The largest absolute Gasteiger partial charge is 0.376 e. The molecule has 6 nitrogen and oxygen atoms in total. The van der Waals surface area contributed by atoms with E-state index in [2.05, 4.69) is 32.7 Å². The Balaban J connectivity index is 1.64. The third-order valence-corrected chi connectivity index (χ3v) is 4.49. The Hall–Kier alpha value is -2.08. The first-order valence-electron chi connectivity index (χ1n) is 9.45. The quantitative estimate of drug-likeness (QED) is 0.422. The summed E-state index contributed by atoms with van der Waals surface area (Å²) in [6.07, 6.45) is 1.11. The molecule has 1 aliphatic rings. The van der Waals surface area contributed by atoms with Crippen molar-refractivity contribution in [2.45, 2.75) is 26.9 Å². The molecular weight excluding hydrogens is 328 g/mol. The fourth-order valence-corrected chi connectivity index (χ4v) is 2.98. The van der Waals surface area contributed by atoms with Crippen molar-refractivity contribution in [3.63, 3.8) is 0 Å². The minimum Gasteiger partial charge on any atom is -0.376 e. The van der Waals surface area contributed by atoms with Crippen LogP contribution in [0.3, 0.4) is 0 Å². The summed E-state index contributed by atoms with van der Waals surface area (Å²) in [5, 5.41) is 6.24. The lowest BCUT2D eigenvalue weighted by Gasteiger charge is -2.22. The number of rotatable bonds is 8. The number of nitrogens with one attached hydrogen (secondary N) is 2. The summed E-state index contributed by atoms with van der Waals surface area (Å²) in [6, 6.07) is 10.3. The highest BCUT2D eigenvalue weighted by Crippen LogP contribution is 2.17. The van der Waals surface area contributed by atoms with E-state index in [-0.39, 0.29) is 11.8 Å². The molecule has 0 aliphatic carbocycles. The molecule has 6 heteroatoms. The molecule has 144 valence electrons. The third kappa shape index (κ3) is 6.67. The number of hydrogen-bond acceptors (Lipinski definition) is 3. The minimum absolute atomic E-state index is 0.0181. The maximum Gasteiger partial charge on any atom is 0.222 e. The summed E-state index contributed by atoms with van der Waals surface area (Å²) >= 11 is 0. The van der Waals surface area contributed by atoms with E-state index in [4.69, 9.17) is 4.74 Å². The van der Waals surface area contributed by atoms with Gasteiger partial charge in [0, 0.05) is 45.1 Å². The van der Waals surface area contributed by atoms with Crippen LogP contribution in [0.25, 0.3) is 0 Å². The van der Waals surface area contributed by atoms with Crippen LogP contribution in [0.5, 0.6) is 0 Å². The van der Waals surface area contributed by atoms with Gasteiger partial charge in [-0.25, -0.2) is 0 Å².